The summed E-state index contributed by atoms with van der Waals surface area (Å²) in [5.41, 5.74) is 7.00. The molecule has 0 spiro atoms. The van der Waals surface area contributed by atoms with Crippen molar-refractivity contribution in [1.29, 1.82) is 0 Å². The molecule has 0 aromatic heterocycles. The largest absolute Gasteiger partial charge is 0.289 e. The van der Waals surface area contributed by atoms with E-state index in [1.54, 1.807) is 17.8 Å². The first-order chi connectivity index (χ1) is 10.9. The second-order valence-corrected chi connectivity index (χ2v) is 7.15. The van der Waals surface area contributed by atoms with Crippen LogP contribution >= 0.6 is 11.8 Å². The number of ketones is 1. The molecular weight excluding hydrogens is 300 g/mol. The summed E-state index contributed by atoms with van der Waals surface area (Å²) in [5.74, 6) is 1.09. The van der Waals surface area contributed by atoms with Gasteiger partial charge in [0.25, 0.3) is 0 Å². The Labute approximate surface area is 143 Å². The van der Waals surface area contributed by atoms with E-state index < -0.39 is 0 Å². The Hall–Kier alpha value is -1.80. The van der Waals surface area contributed by atoms with Gasteiger partial charge in [0.2, 0.25) is 0 Å². The smallest absolute Gasteiger partial charge is 0.185 e. The Balaban J connectivity index is 2.21. The molecule has 0 amide bonds. The van der Waals surface area contributed by atoms with Gasteiger partial charge < -0.3 is 0 Å². The SMILES string of the molecule is CCSc1ccc(C(=O)C=Cc2cc(C)c(C)c(C)c2C)cc1. The first kappa shape index (κ1) is 17.6. The average molecular weight is 324 g/mol. The zero-order chi connectivity index (χ0) is 17.0. The summed E-state index contributed by atoms with van der Waals surface area (Å²) in [5, 5.41) is 0. The minimum Gasteiger partial charge on any atom is -0.289 e. The van der Waals surface area contributed by atoms with Crippen molar-refractivity contribution >= 4 is 23.6 Å². The molecule has 1 nitrogen and oxygen atoms in total. The van der Waals surface area contributed by atoms with Gasteiger partial charge in [0.1, 0.15) is 0 Å². The fourth-order valence-corrected chi connectivity index (χ4v) is 3.22. The fraction of sp³-hybridized carbons (Fsp3) is 0.286. The number of benzene rings is 2. The summed E-state index contributed by atoms with van der Waals surface area (Å²) in [6.07, 6.45) is 3.62. The summed E-state index contributed by atoms with van der Waals surface area (Å²) in [6.45, 7) is 10.6. The fourth-order valence-electron chi connectivity index (χ4n) is 2.56. The highest BCUT2D eigenvalue weighted by Gasteiger charge is 2.06. The van der Waals surface area contributed by atoms with Crippen LogP contribution in [0.3, 0.4) is 0 Å². The summed E-state index contributed by atoms with van der Waals surface area (Å²) >= 11 is 1.78. The lowest BCUT2D eigenvalue weighted by atomic mass is 9.94. The van der Waals surface area contributed by atoms with Gasteiger partial charge in [0.15, 0.2) is 5.78 Å². The molecule has 0 fully saturated rings. The third-order valence-electron chi connectivity index (χ3n) is 4.39. The van der Waals surface area contributed by atoms with E-state index >= 15 is 0 Å². The molecule has 0 bridgehead atoms. The molecule has 0 aliphatic heterocycles. The topological polar surface area (TPSA) is 17.1 Å². The summed E-state index contributed by atoms with van der Waals surface area (Å²) in [7, 11) is 0. The molecule has 2 aromatic rings. The molecule has 0 saturated heterocycles. The molecule has 2 heteroatoms. The first-order valence-electron chi connectivity index (χ1n) is 7.96. The maximum absolute atomic E-state index is 12.3. The summed E-state index contributed by atoms with van der Waals surface area (Å²) < 4.78 is 0. The van der Waals surface area contributed by atoms with Crippen molar-refractivity contribution in [2.45, 2.75) is 39.5 Å². The van der Waals surface area contributed by atoms with Gasteiger partial charge in [-0.1, -0.05) is 19.1 Å². The van der Waals surface area contributed by atoms with Crippen LogP contribution in [0.15, 0.2) is 41.3 Å². The molecule has 23 heavy (non-hydrogen) atoms. The molecule has 0 unspecified atom stereocenters. The van der Waals surface area contributed by atoms with Crippen molar-refractivity contribution in [2.75, 3.05) is 5.75 Å². The van der Waals surface area contributed by atoms with Crippen LogP contribution in [0.25, 0.3) is 6.08 Å². The van der Waals surface area contributed by atoms with Crippen LogP contribution in [0.5, 0.6) is 0 Å². The van der Waals surface area contributed by atoms with Crippen LogP contribution in [0.1, 0.15) is 45.1 Å². The first-order valence-corrected chi connectivity index (χ1v) is 8.95. The van der Waals surface area contributed by atoms with E-state index in [9.17, 15) is 4.79 Å². The lowest BCUT2D eigenvalue weighted by Crippen LogP contribution is -1.96. The van der Waals surface area contributed by atoms with Gasteiger partial charge in [-0.15, -0.1) is 11.8 Å². The molecule has 2 rings (SSSR count). The molecule has 120 valence electrons. The highest BCUT2D eigenvalue weighted by atomic mass is 32.2. The zero-order valence-corrected chi connectivity index (χ0v) is 15.4. The van der Waals surface area contributed by atoms with E-state index in [1.165, 1.54) is 27.1 Å². The molecule has 0 saturated carbocycles. The van der Waals surface area contributed by atoms with Gasteiger partial charge in [0, 0.05) is 10.5 Å². The number of aryl methyl sites for hydroxylation is 1. The Morgan fingerprint density at radius 1 is 1.00 bits per heavy atom. The van der Waals surface area contributed by atoms with Gasteiger partial charge in [0.05, 0.1) is 0 Å². The van der Waals surface area contributed by atoms with Crippen molar-refractivity contribution in [3.63, 3.8) is 0 Å². The van der Waals surface area contributed by atoms with Crippen LogP contribution in [0.2, 0.25) is 0 Å². The van der Waals surface area contributed by atoms with Gasteiger partial charge >= 0.3 is 0 Å². The molecule has 0 aliphatic carbocycles. The lowest BCUT2D eigenvalue weighted by Gasteiger charge is -2.11. The van der Waals surface area contributed by atoms with E-state index in [0.29, 0.717) is 0 Å². The highest BCUT2D eigenvalue weighted by Crippen LogP contribution is 2.23. The average Bonchev–Trinajstić information content (AvgIpc) is 2.55. The Kier molecular flexibility index (Phi) is 5.84. The maximum Gasteiger partial charge on any atom is 0.185 e. The molecular formula is C21H24OS. The molecule has 0 radical (unpaired) electrons. The maximum atomic E-state index is 12.3. The number of thioether (sulfide) groups is 1. The molecule has 0 heterocycles. The second-order valence-electron chi connectivity index (χ2n) is 5.81. The molecule has 0 atom stereocenters. The summed E-state index contributed by atoms with van der Waals surface area (Å²) in [4.78, 5) is 13.5. The van der Waals surface area contributed by atoms with Gasteiger partial charge in [-0.25, -0.2) is 0 Å². The van der Waals surface area contributed by atoms with Crippen molar-refractivity contribution in [2.24, 2.45) is 0 Å². The van der Waals surface area contributed by atoms with Gasteiger partial charge in [-0.05, 0) is 91.6 Å². The van der Waals surface area contributed by atoms with Gasteiger partial charge in [-0.2, -0.15) is 0 Å². The van der Waals surface area contributed by atoms with Crippen molar-refractivity contribution in [3.8, 4) is 0 Å². The minimum atomic E-state index is 0.0494. The van der Waals surface area contributed by atoms with E-state index in [2.05, 4.69) is 40.7 Å². The quantitative estimate of drug-likeness (QED) is 0.385. The number of carbonyl (C=O) groups is 1. The Bertz CT molecular complexity index is 739. The Morgan fingerprint density at radius 2 is 1.65 bits per heavy atom. The second kappa shape index (κ2) is 7.65. The van der Waals surface area contributed by atoms with Crippen LogP contribution in [-0.4, -0.2) is 11.5 Å². The molecule has 0 aliphatic rings. The van der Waals surface area contributed by atoms with E-state index in [1.807, 2.05) is 30.3 Å². The molecule has 0 N–H and O–H groups in total. The number of hydrogen-bond donors (Lipinski definition) is 0. The van der Waals surface area contributed by atoms with Crippen molar-refractivity contribution in [3.05, 3.63) is 69.8 Å². The van der Waals surface area contributed by atoms with Crippen LogP contribution in [-0.2, 0) is 0 Å². The number of carbonyl (C=O) groups excluding carboxylic acids is 1. The normalized spacial score (nSPS) is 11.2. The van der Waals surface area contributed by atoms with E-state index in [0.717, 1.165) is 16.9 Å². The Morgan fingerprint density at radius 3 is 2.26 bits per heavy atom. The van der Waals surface area contributed by atoms with Crippen molar-refractivity contribution in [1.82, 2.24) is 0 Å². The van der Waals surface area contributed by atoms with Crippen LogP contribution in [0, 0.1) is 27.7 Å². The molecule has 2 aromatic carbocycles. The van der Waals surface area contributed by atoms with Crippen molar-refractivity contribution < 1.29 is 4.79 Å². The van der Waals surface area contributed by atoms with Crippen LogP contribution < -0.4 is 0 Å². The predicted molar refractivity (Wildman–Crippen MR) is 102 cm³/mol. The van der Waals surface area contributed by atoms with E-state index in [4.69, 9.17) is 0 Å². The zero-order valence-electron chi connectivity index (χ0n) is 14.6. The number of allylic oxidation sites excluding steroid dienone is 1. The third kappa shape index (κ3) is 4.14. The number of rotatable bonds is 5. The third-order valence-corrected chi connectivity index (χ3v) is 5.28. The van der Waals surface area contributed by atoms with Crippen LogP contribution in [0.4, 0.5) is 0 Å². The van der Waals surface area contributed by atoms with E-state index in [-0.39, 0.29) is 5.78 Å². The predicted octanol–water partition coefficient (Wildman–Crippen LogP) is 5.93. The monoisotopic (exact) mass is 324 g/mol. The minimum absolute atomic E-state index is 0.0494. The standard InChI is InChI=1S/C21H24OS/c1-6-23-20-10-7-18(8-11-20)21(22)12-9-19-13-14(2)15(3)16(4)17(19)5/h7-13H,6H2,1-5H3. The number of hydrogen-bond acceptors (Lipinski definition) is 2. The summed E-state index contributed by atoms with van der Waals surface area (Å²) in [6, 6.07) is 10.00. The highest BCUT2D eigenvalue weighted by molar-refractivity contribution is 7.99. The van der Waals surface area contributed by atoms with Gasteiger partial charge in [-0.3, -0.25) is 4.79 Å². The lowest BCUT2D eigenvalue weighted by molar-refractivity contribution is 0.104.